The van der Waals surface area contributed by atoms with Gasteiger partial charge in [0.15, 0.2) is 0 Å². The molecule has 120 valence electrons. The number of nitrogens with zero attached hydrogens (tertiary/aromatic N) is 3. The van der Waals surface area contributed by atoms with Crippen LogP contribution in [0.25, 0.3) is 0 Å². The van der Waals surface area contributed by atoms with Crippen molar-refractivity contribution >= 4 is 5.91 Å². The van der Waals surface area contributed by atoms with Gasteiger partial charge in [-0.2, -0.15) is 0 Å². The van der Waals surface area contributed by atoms with Gasteiger partial charge in [0.1, 0.15) is 0 Å². The number of aromatic nitrogens is 2. The Balaban J connectivity index is 1.59. The van der Waals surface area contributed by atoms with Crippen LogP contribution in [0.4, 0.5) is 0 Å². The first-order chi connectivity index (χ1) is 11.1. The van der Waals surface area contributed by atoms with Crippen LogP contribution in [0.3, 0.4) is 0 Å². The average Bonchev–Trinajstić information content (AvgIpc) is 2.96. The van der Waals surface area contributed by atoms with Crippen molar-refractivity contribution in [3.8, 4) is 0 Å². The van der Waals surface area contributed by atoms with E-state index >= 15 is 0 Å². The van der Waals surface area contributed by atoms with Gasteiger partial charge in [0.25, 0.3) is 0 Å². The number of likely N-dealkylation sites (tertiary alicyclic amines) is 1. The summed E-state index contributed by atoms with van der Waals surface area (Å²) in [6.07, 6.45) is 7.26. The minimum Gasteiger partial charge on any atom is -0.339 e. The fraction of sp³-hybridized carbons (Fsp3) is 0.421. The third-order valence-corrected chi connectivity index (χ3v) is 4.66. The molecule has 1 aliphatic heterocycles. The van der Waals surface area contributed by atoms with Crippen molar-refractivity contribution in [2.75, 3.05) is 6.54 Å². The Hall–Kier alpha value is -2.23. The molecule has 1 amide bonds. The van der Waals surface area contributed by atoms with Gasteiger partial charge in [0.2, 0.25) is 5.91 Å². The van der Waals surface area contributed by atoms with Gasteiger partial charge in [0.05, 0.1) is 5.69 Å². The van der Waals surface area contributed by atoms with Crippen molar-refractivity contribution in [1.82, 2.24) is 14.9 Å². The van der Waals surface area contributed by atoms with Gasteiger partial charge in [-0.3, -0.25) is 14.8 Å². The molecular formula is C19H23N3O. The monoisotopic (exact) mass is 309 g/mol. The number of rotatable bonds is 4. The van der Waals surface area contributed by atoms with Crippen LogP contribution < -0.4 is 0 Å². The van der Waals surface area contributed by atoms with Crippen LogP contribution in [0.1, 0.15) is 42.5 Å². The van der Waals surface area contributed by atoms with Crippen LogP contribution in [-0.4, -0.2) is 33.4 Å². The van der Waals surface area contributed by atoms with E-state index in [0.29, 0.717) is 24.8 Å². The summed E-state index contributed by atoms with van der Waals surface area (Å²) in [6.45, 7) is 5.07. The maximum absolute atomic E-state index is 12.5. The fourth-order valence-electron chi connectivity index (χ4n) is 3.30. The summed E-state index contributed by atoms with van der Waals surface area (Å²) < 4.78 is 0. The predicted molar refractivity (Wildman–Crippen MR) is 90.1 cm³/mol. The molecule has 1 aromatic heterocycles. The number of aryl methyl sites for hydroxylation is 2. The summed E-state index contributed by atoms with van der Waals surface area (Å²) in [7, 11) is 0. The van der Waals surface area contributed by atoms with E-state index in [4.69, 9.17) is 0 Å². The first-order valence-corrected chi connectivity index (χ1v) is 8.24. The molecule has 0 N–H and O–H groups in total. The first kappa shape index (κ1) is 15.7. The summed E-state index contributed by atoms with van der Waals surface area (Å²) in [6, 6.07) is 8.99. The third-order valence-electron chi connectivity index (χ3n) is 4.66. The van der Waals surface area contributed by atoms with E-state index in [9.17, 15) is 4.79 Å². The molecule has 1 fully saturated rings. The van der Waals surface area contributed by atoms with Crippen LogP contribution in [0.2, 0.25) is 0 Å². The molecule has 4 heteroatoms. The minimum atomic E-state index is 0.220. The Morgan fingerprint density at radius 1 is 1.26 bits per heavy atom. The second-order valence-electron chi connectivity index (χ2n) is 6.44. The standard InChI is InChI=1S/C19H23N3O/c1-14-3-5-16(6-4-14)17-11-15(2)22(13-17)19(23)8-7-18-12-20-9-10-21-18/h3-6,9-10,12,15,17H,7-8,11,13H2,1-2H3/t15-,17-/m0/s1. The van der Waals surface area contributed by atoms with Crippen molar-refractivity contribution in [3.05, 3.63) is 59.7 Å². The van der Waals surface area contributed by atoms with Crippen LogP contribution in [0.5, 0.6) is 0 Å². The SMILES string of the molecule is Cc1ccc([C@H]2C[C@H](C)N(C(=O)CCc3cnccn3)C2)cc1. The van der Waals surface area contributed by atoms with Crippen molar-refractivity contribution in [3.63, 3.8) is 0 Å². The predicted octanol–water partition coefficient (Wildman–Crippen LogP) is 3.12. The maximum Gasteiger partial charge on any atom is 0.223 e. The highest BCUT2D eigenvalue weighted by atomic mass is 16.2. The molecule has 1 aliphatic rings. The first-order valence-electron chi connectivity index (χ1n) is 8.24. The normalized spacial score (nSPS) is 20.7. The molecule has 1 saturated heterocycles. The van der Waals surface area contributed by atoms with Crippen LogP contribution in [0.15, 0.2) is 42.9 Å². The summed E-state index contributed by atoms with van der Waals surface area (Å²) in [5.74, 6) is 0.670. The Labute approximate surface area is 137 Å². The van der Waals surface area contributed by atoms with Gasteiger partial charge in [0, 0.05) is 43.5 Å². The summed E-state index contributed by atoms with van der Waals surface area (Å²) in [5.41, 5.74) is 3.49. The average molecular weight is 309 g/mol. The fourth-order valence-corrected chi connectivity index (χ4v) is 3.30. The minimum absolute atomic E-state index is 0.220. The highest BCUT2D eigenvalue weighted by Gasteiger charge is 2.32. The maximum atomic E-state index is 12.5. The molecule has 2 heterocycles. The molecule has 0 spiro atoms. The molecule has 0 radical (unpaired) electrons. The zero-order chi connectivity index (χ0) is 16.2. The van der Waals surface area contributed by atoms with Crippen molar-refractivity contribution in [2.24, 2.45) is 0 Å². The second-order valence-corrected chi connectivity index (χ2v) is 6.44. The summed E-state index contributed by atoms with van der Waals surface area (Å²) in [4.78, 5) is 22.8. The van der Waals surface area contributed by atoms with E-state index < -0.39 is 0 Å². The van der Waals surface area contributed by atoms with Gasteiger partial charge in [-0.15, -0.1) is 0 Å². The quantitative estimate of drug-likeness (QED) is 0.871. The van der Waals surface area contributed by atoms with E-state index in [0.717, 1.165) is 18.7 Å². The second kappa shape index (κ2) is 6.90. The van der Waals surface area contributed by atoms with E-state index in [1.54, 1.807) is 18.6 Å². The van der Waals surface area contributed by atoms with Crippen molar-refractivity contribution in [1.29, 1.82) is 0 Å². The molecule has 4 nitrogen and oxygen atoms in total. The molecule has 0 bridgehead atoms. The molecule has 2 atom stereocenters. The number of hydrogen-bond donors (Lipinski definition) is 0. The van der Waals surface area contributed by atoms with Crippen LogP contribution in [-0.2, 0) is 11.2 Å². The molecule has 3 rings (SSSR count). The molecule has 0 saturated carbocycles. The summed E-state index contributed by atoms with van der Waals surface area (Å²) in [5, 5.41) is 0. The van der Waals surface area contributed by atoms with Gasteiger partial charge in [-0.25, -0.2) is 0 Å². The lowest BCUT2D eigenvalue weighted by Gasteiger charge is -2.21. The lowest BCUT2D eigenvalue weighted by molar-refractivity contribution is -0.131. The van der Waals surface area contributed by atoms with Crippen molar-refractivity contribution < 1.29 is 4.79 Å². The van der Waals surface area contributed by atoms with Gasteiger partial charge < -0.3 is 4.90 Å². The van der Waals surface area contributed by atoms with Crippen molar-refractivity contribution in [2.45, 2.75) is 45.1 Å². The number of carbonyl (C=O) groups is 1. The highest BCUT2D eigenvalue weighted by molar-refractivity contribution is 5.77. The van der Waals surface area contributed by atoms with Crippen LogP contribution >= 0.6 is 0 Å². The Morgan fingerprint density at radius 3 is 2.74 bits per heavy atom. The number of amides is 1. The van der Waals surface area contributed by atoms with Gasteiger partial charge in [-0.05, 0) is 32.3 Å². The highest BCUT2D eigenvalue weighted by Crippen LogP contribution is 2.32. The molecule has 23 heavy (non-hydrogen) atoms. The zero-order valence-corrected chi connectivity index (χ0v) is 13.8. The Kier molecular flexibility index (Phi) is 4.70. The molecular weight excluding hydrogens is 286 g/mol. The summed E-state index contributed by atoms with van der Waals surface area (Å²) >= 11 is 0. The van der Waals surface area contributed by atoms with Crippen LogP contribution in [0, 0.1) is 6.92 Å². The molecule has 0 aliphatic carbocycles. The Morgan fingerprint density at radius 2 is 2.04 bits per heavy atom. The number of carbonyl (C=O) groups excluding carboxylic acids is 1. The lowest BCUT2D eigenvalue weighted by Crippen LogP contribution is -2.34. The largest absolute Gasteiger partial charge is 0.339 e. The molecule has 2 aromatic rings. The van der Waals surface area contributed by atoms with Gasteiger partial charge in [-0.1, -0.05) is 29.8 Å². The van der Waals surface area contributed by atoms with E-state index in [-0.39, 0.29) is 5.91 Å². The molecule has 1 aromatic carbocycles. The smallest absolute Gasteiger partial charge is 0.223 e. The molecule has 0 unspecified atom stereocenters. The van der Waals surface area contributed by atoms with E-state index in [1.165, 1.54) is 11.1 Å². The number of hydrogen-bond acceptors (Lipinski definition) is 3. The van der Waals surface area contributed by atoms with E-state index in [2.05, 4.69) is 48.1 Å². The Bertz CT molecular complexity index is 654. The van der Waals surface area contributed by atoms with E-state index in [1.807, 2.05) is 4.90 Å². The third kappa shape index (κ3) is 3.76. The number of benzene rings is 1. The van der Waals surface area contributed by atoms with Gasteiger partial charge >= 0.3 is 0 Å². The topological polar surface area (TPSA) is 46.1 Å². The lowest BCUT2D eigenvalue weighted by atomic mass is 9.96. The zero-order valence-electron chi connectivity index (χ0n) is 13.8.